The van der Waals surface area contributed by atoms with E-state index in [0.29, 0.717) is 5.69 Å². The first kappa shape index (κ1) is 16.5. The summed E-state index contributed by atoms with van der Waals surface area (Å²) in [4.78, 5) is 16.9. The molecule has 1 amide bonds. The van der Waals surface area contributed by atoms with Crippen molar-refractivity contribution in [2.24, 2.45) is 0 Å². The van der Waals surface area contributed by atoms with Crippen molar-refractivity contribution < 1.29 is 4.79 Å². The van der Waals surface area contributed by atoms with Crippen molar-refractivity contribution in [1.29, 1.82) is 0 Å². The van der Waals surface area contributed by atoms with Gasteiger partial charge in [0.25, 0.3) is 5.91 Å². The number of aromatic nitrogens is 3. The summed E-state index contributed by atoms with van der Waals surface area (Å²) in [5.74, 6) is -0.100. The number of nitrogens with zero attached hydrogens (tertiary/aromatic N) is 3. The van der Waals surface area contributed by atoms with Crippen LogP contribution in [-0.4, -0.2) is 26.7 Å². The summed E-state index contributed by atoms with van der Waals surface area (Å²) in [5, 5.41) is 7.75. The van der Waals surface area contributed by atoms with Gasteiger partial charge in [0.15, 0.2) is 5.69 Å². The average Bonchev–Trinajstić information content (AvgIpc) is 3.16. The monoisotopic (exact) mass is 346 g/mol. The third-order valence-corrected chi connectivity index (χ3v) is 4.84. The van der Waals surface area contributed by atoms with E-state index in [0.717, 1.165) is 29.8 Å². The van der Waals surface area contributed by atoms with Crippen molar-refractivity contribution in [1.82, 2.24) is 20.1 Å². The largest absolute Gasteiger partial charge is 0.348 e. The molecule has 26 heavy (non-hydrogen) atoms. The summed E-state index contributed by atoms with van der Waals surface area (Å²) in [7, 11) is 0. The third-order valence-electron chi connectivity index (χ3n) is 4.84. The number of pyridine rings is 1. The Morgan fingerprint density at radius 1 is 1.04 bits per heavy atom. The van der Waals surface area contributed by atoms with E-state index in [1.807, 2.05) is 53.2 Å². The molecule has 2 heterocycles. The molecule has 5 heteroatoms. The summed E-state index contributed by atoms with van der Waals surface area (Å²) in [6, 6.07) is 15.8. The van der Waals surface area contributed by atoms with Crippen molar-refractivity contribution in [3.05, 3.63) is 66.6 Å². The smallest absolute Gasteiger partial charge is 0.272 e. The highest BCUT2D eigenvalue weighted by atomic mass is 16.2. The molecule has 3 aromatic rings. The molecule has 0 spiro atoms. The fourth-order valence-electron chi connectivity index (χ4n) is 3.48. The van der Waals surface area contributed by atoms with Crippen molar-refractivity contribution in [2.45, 2.75) is 38.1 Å². The van der Waals surface area contributed by atoms with Crippen LogP contribution in [0.1, 0.15) is 42.6 Å². The lowest BCUT2D eigenvalue weighted by atomic mass is 9.95. The van der Waals surface area contributed by atoms with E-state index < -0.39 is 0 Å². The summed E-state index contributed by atoms with van der Waals surface area (Å²) in [6.07, 6.45) is 9.28. The van der Waals surface area contributed by atoms with Crippen molar-refractivity contribution >= 4 is 5.91 Å². The topological polar surface area (TPSA) is 59.8 Å². The number of carbonyl (C=O) groups is 1. The highest BCUT2D eigenvalue weighted by Crippen LogP contribution is 2.24. The number of rotatable bonds is 4. The zero-order chi connectivity index (χ0) is 17.8. The highest BCUT2D eigenvalue weighted by molar-refractivity contribution is 5.93. The van der Waals surface area contributed by atoms with Gasteiger partial charge in [-0.15, -0.1) is 0 Å². The Hall–Kier alpha value is -2.95. The molecule has 0 unspecified atom stereocenters. The molecule has 4 rings (SSSR count). The lowest BCUT2D eigenvalue weighted by Crippen LogP contribution is -2.36. The Kier molecular flexibility index (Phi) is 4.78. The predicted octanol–water partition coefficient (Wildman–Crippen LogP) is 4.00. The van der Waals surface area contributed by atoms with Crippen LogP contribution in [0.4, 0.5) is 0 Å². The summed E-state index contributed by atoms with van der Waals surface area (Å²) >= 11 is 0. The van der Waals surface area contributed by atoms with Crippen molar-refractivity contribution in [3.8, 4) is 16.9 Å². The average molecular weight is 346 g/mol. The summed E-state index contributed by atoms with van der Waals surface area (Å²) in [6.45, 7) is 0. The minimum Gasteiger partial charge on any atom is -0.348 e. The van der Waals surface area contributed by atoms with Gasteiger partial charge in [-0.3, -0.25) is 9.78 Å². The second-order valence-corrected chi connectivity index (χ2v) is 6.71. The van der Waals surface area contributed by atoms with Crippen LogP contribution in [0.25, 0.3) is 16.9 Å². The van der Waals surface area contributed by atoms with Gasteiger partial charge < -0.3 is 5.32 Å². The molecule has 2 aromatic heterocycles. The number of hydrogen-bond acceptors (Lipinski definition) is 3. The molecule has 0 atom stereocenters. The third kappa shape index (κ3) is 3.52. The Morgan fingerprint density at radius 3 is 2.58 bits per heavy atom. The van der Waals surface area contributed by atoms with Crippen LogP contribution in [0.3, 0.4) is 0 Å². The first-order valence-electron chi connectivity index (χ1n) is 9.18. The van der Waals surface area contributed by atoms with E-state index in [1.165, 1.54) is 19.3 Å². The Bertz CT molecular complexity index is 811. The molecular formula is C21H22N4O. The van der Waals surface area contributed by atoms with Crippen molar-refractivity contribution in [2.75, 3.05) is 0 Å². The molecule has 5 nitrogen and oxygen atoms in total. The lowest BCUT2D eigenvalue weighted by molar-refractivity contribution is 0.0922. The van der Waals surface area contributed by atoms with Gasteiger partial charge >= 0.3 is 0 Å². The molecule has 0 bridgehead atoms. The van der Waals surface area contributed by atoms with Gasteiger partial charge in [-0.05, 0) is 43.2 Å². The van der Waals surface area contributed by atoms with E-state index >= 15 is 0 Å². The number of carbonyl (C=O) groups excluding carboxylic acids is 1. The first-order chi connectivity index (χ1) is 12.8. The molecule has 0 aliphatic heterocycles. The summed E-state index contributed by atoms with van der Waals surface area (Å²) in [5.41, 5.74) is 3.15. The number of para-hydroxylation sites is 1. The van der Waals surface area contributed by atoms with Crippen LogP contribution in [0.15, 0.2) is 60.9 Å². The zero-order valence-electron chi connectivity index (χ0n) is 14.6. The molecule has 1 aromatic carbocycles. The minimum absolute atomic E-state index is 0.100. The minimum atomic E-state index is -0.100. The quantitative estimate of drug-likeness (QED) is 0.777. The fraction of sp³-hybridized carbons (Fsp3) is 0.286. The van der Waals surface area contributed by atoms with E-state index in [1.54, 1.807) is 12.4 Å². The lowest BCUT2D eigenvalue weighted by Gasteiger charge is -2.22. The highest BCUT2D eigenvalue weighted by Gasteiger charge is 2.20. The predicted molar refractivity (Wildman–Crippen MR) is 101 cm³/mol. The van der Waals surface area contributed by atoms with Crippen LogP contribution >= 0.6 is 0 Å². The normalized spacial score (nSPS) is 14.9. The maximum Gasteiger partial charge on any atom is 0.272 e. The number of hydrogen-bond donors (Lipinski definition) is 1. The second-order valence-electron chi connectivity index (χ2n) is 6.71. The molecule has 0 radical (unpaired) electrons. The number of nitrogens with one attached hydrogen (secondary N) is 1. The zero-order valence-corrected chi connectivity index (χ0v) is 14.6. The van der Waals surface area contributed by atoms with Gasteiger partial charge in [0.1, 0.15) is 0 Å². The molecule has 132 valence electrons. The SMILES string of the molecule is O=C(NC1CCCCC1)c1cc(-c2cccnc2)n(-c2ccccc2)n1. The Morgan fingerprint density at radius 2 is 1.85 bits per heavy atom. The van der Waals surface area contributed by atoms with Gasteiger partial charge in [-0.25, -0.2) is 4.68 Å². The Balaban J connectivity index is 1.68. The fourth-order valence-corrected chi connectivity index (χ4v) is 3.48. The number of benzene rings is 1. The Labute approximate surface area is 153 Å². The van der Waals surface area contributed by atoms with E-state index in [9.17, 15) is 4.79 Å². The van der Waals surface area contributed by atoms with Gasteiger partial charge in [0, 0.05) is 24.0 Å². The van der Waals surface area contributed by atoms with Crippen LogP contribution in [0.5, 0.6) is 0 Å². The van der Waals surface area contributed by atoms with Gasteiger partial charge in [0.2, 0.25) is 0 Å². The van der Waals surface area contributed by atoms with Crippen LogP contribution in [-0.2, 0) is 0 Å². The van der Waals surface area contributed by atoms with E-state index in [4.69, 9.17) is 0 Å². The molecular weight excluding hydrogens is 324 g/mol. The standard InChI is InChI=1S/C21H22N4O/c26-21(23-17-9-3-1-4-10-17)19-14-20(16-8-7-13-22-15-16)25(24-19)18-11-5-2-6-12-18/h2,5-8,11-15,17H,1,3-4,9-10H2,(H,23,26). The summed E-state index contributed by atoms with van der Waals surface area (Å²) < 4.78 is 1.81. The molecule has 1 N–H and O–H groups in total. The maximum atomic E-state index is 12.7. The van der Waals surface area contributed by atoms with Gasteiger partial charge in [-0.1, -0.05) is 37.5 Å². The molecule has 0 saturated heterocycles. The van der Waals surface area contributed by atoms with E-state index in [2.05, 4.69) is 15.4 Å². The maximum absolute atomic E-state index is 12.7. The second kappa shape index (κ2) is 7.52. The molecule has 1 aliphatic rings. The molecule has 1 fully saturated rings. The van der Waals surface area contributed by atoms with Crippen LogP contribution in [0, 0.1) is 0 Å². The first-order valence-corrected chi connectivity index (χ1v) is 9.18. The van der Waals surface area contributed by atoms with Crippen LogP contribution < -0.4 is 5.32 Å². The van der Waals surface area contributed by atoms with Crippen molar-refractivity contribution in [3.63, 3.8) is 0 Å². The number of amides is 1. The molecule has 1 aliphatic carbocycles. The van der Waals surface area contributed by atoms with Gasteiger partial charge in [0.05, 0.1) is 11.4 Å². The van der Waals surface area contributed by atoms with Gasteiger partial charge in [-0.2, -0.15) is 5.10 Å². The van der Waals surface area contributed by atoms with E-state index in [-0.39, 0.29) is 11.9 Å². The molecule has 1 saturated carbocycles. The van der Waals surface area contributed by atoms with Crippen LogP contribution in [0.2, 0.25) is 0 Å².